The number of ether oxygens (including phenoxy) is 6. The van der Waals surface area contributed by atoms with Crippen molar-refractivity contribution in [2.45, 2.75) is 36.2 Å². The van der Waals surface area contributed by atoms with Crippen LogP contribution in [0.15, 0.2) is 121 Å². The molecular formula is C55H54N6O12. The zero-order valence-corrected chi connectivity index (χ0v) is 40.0. The number of hydrogen-bond acceptors (Lipinski definition) is 14. The molecule has 18 heteroatoms. The average molecular weight is 991 g/mol. The largest absolute Gasteiger partial charge is 0.491 e. The third kappa shape index (κ3) is 9.16. The molecule has 10 rings (SSSR count). The van der Waals surface area contributed by atoms with E-state index in [1.807, 2.05) is 83.8 Å². The SMILES string of the molecule is COCCOC(=O)N1C(=O)[C@@]2(c3cc(C#CCNC(N)=O)ccc31)[C@H](C(=O)N1CCN(Cc3ccc4c(c3)OCO4)CC1)[C@H]1C(=O)O[C@H](c3ccccc3)[C@H](c3ccccc3)N1[C@@H]2c1ccc(OCCO)cc1. The van der Waals surface area contributed by atoms with Crippen LogP contribution in [0, 0.1) is 17.8 Å². The highest BCUT2D eigenvalue weighted by Gasteiger charge is 2.76. The minimum atomic E-state index is -2.06. The van der Waals surface area contributed by atoms with E-state index >= 15 is 14.4 Å². The maximum Gasteiger partial charge on any atom is 0.421 e. The Balaban J connectivity index is 1.18. The number of morpholine rings is 1. The summed E-state index contributed by atoms with van der Waals surface area (Å²) < 4.78 is 34.6. The zero-order valence-electron chi connectivity index (χ0n) is 40.0. The summed E-state index contributed by atoms with van der Waals surface area (Å²) in [4.78, 5) is 81.5. The first kappa shape index (κ1) is 48.7. The number of esters is 1. The molecule has 0 saturated carbocycles. The van der Waals surface area contributed by atoms with Crippen LogP contribution < -0.4 is 30.2 Å². The third-order valence-electron chi connectivity index (χ3n) is 14.1. The van der Waals surface area contributed by atoms with Crippen molar-refractivity contribution in [2.24, 2.45) is 11.7 Å². The van der Waals surface area contributed by atoms with Crippen LogP contribution in [0.5, 0.6) is 17.2 Å². The fourth-order valence-corrected chi connectivity index (χ4v) is 11.0. The van der Waals surface area contributed by atoms with Crippen molar-refractivity contribution in [2.75, 3.05) is 78.0 Å². The number of carbonyl (C=O) groups is 5. The third-order valence-corrected chi connectivity index (χ3v) is 14.1. The van der Waals surface area contributed by atoms with E-state index < -0.39 is 65.5 Å². The van der Waals surface area contributed by atoms with Gasteiger partial charge in [0, 0.05) is 45.4 Å². The summed E-state index contributed by atoms with van der Waals surface area (Å²) >= 11 is 0. The monoisotopic (exact) mass is 990 g/mol. The normalized spacial score (nSPS) is 23.0. The van der Waals surface area contributed by atoms with Gasteiger partial charge in [0.05, 0.1) is 43.4 Å². The second-order valence-corrected chi connectivity index (χ2v) is 18.2. The molecule has 376 valence electrons. The molecule has 5 aliphatic rings. The first-order valence-electron chi connectivity index (χ1n) is 24.1. The smallest absolute Gasteiger partial charge is 0.421 e. The number of primary amides is 1. The summed E-state index contributed by atoms with van der Waals surface area (Å²) in [6.07, 6.45) is -1.94. The second kappa shape index (κ2) is 21.0. The standard InChI is InChI=1S/C55H54N6O12/c1-68-29-30-70-54(67)60-42-20-14-35(9-8-22-57-53(56)66)31-41(42)55(52(60)65)45(50(63)59-25-23-58(24-26-59)33-36-15-21-43-44(32-36)72-34-71-43)47-51(64)73-48(38-12-6-3-7-13-38)46(37-10-4-2-5-11-37)61(47)49(55)39-16-18-40(19-17-39)69-28-27-62/h2-7,10-21,31-32,45-49,62H,22-30,33-34H2,1H3,(H3,56,57,66)/t45-,46-,47-,48+,49+,55-/m0/s1. The number of hydrogen-bond donors (Lipinski definition) is 3. The lowest BCUT2D eigenvalue weighted by Gasteiger charge is -2.46. The van der Waals surface area contributed by atoms with Gasteiger partial charge in [0.15, 0.2) is 11.5 Å². The van der Waals surface area contributed by atoms with Gasteiger partial charge in [0.1, 0.15) is 36.5 Å². The van der Waals surface area contributed by atoms with E-state index in [0.29, 0.717) is 53.6 Å². The highest BCUT2D eigenvalue weighted by molar-refractivity contribution is 6.23. The Hall–Kier alpha value is -7.95. The molecule has 5 amide bonds. The molecule has 5 heterocycles. The molecule has 5 aromatic rings. The quantitative estimate of drug-likeness (QED) is 0.0837. The van der Waals surface area contributed by atoms with Crippen LogP contribution in [0.1, 0.15) is 51.6 Å². The van der Waals surface area contributed by atoms with E-state index in [1.54, 1.807) is 47.4 Å². The van der Waals surface area contributed by atoms with Crippen molar-refractivity contribution < 1.29 is 57.5 Å². The summed E-state index contributed by atoms with van der Waals surface area (Å²) in [6, 6.07) is 32.4. The predicted octanol–water partition coefficient (Wildman–Crippen LogP) is 4.60. The van der Waals surface area contributed by atoms with Crippen LogP contribution in [-0.2, 0) is 40.6 Å². The Morgan fingerprint density at radius 1 is 0.808 bits per heavy atom. The summed E-state index contributed by atoms with van der Waals surface area (Å²) in [5, 5.41) is 12.1. The van der Waals surface area contributed by atoms with E-state index in [1.165, 1.54) is 7.11 Å². The van der Waals surface area contributed by atoms with E-state index in [4.69, 9.17) is 34.2 Å². The zero-order chi connectivity index (χ0) is 50.6. The van der Waals surface area contributed by atoms with Crippen LogP contribution in [-0.4, -0.2) is 129 Å². The fourth-order valence-electron chi connectivity index (χ4n) is 11.0. The highest BCUT2D eigenvalue weighted by atomic mass is 16.7. The molecule has 0 unspecified atom stereocenters. The number of amides is 5. The van der Waals surface area contributed by atoms with Gasteiger partial charge < -0.3 is 49.5 Å². The van der Waals surface area contributed by atoms with Gasteiger partial charge in [-0.2, -0.15) is 0 Å². The maximum atomic E-state index is 16.5. The minimum absolute atomic E-state index is 0.0207. The number of methoxy groups -OCH3 is 1. The number of piperazine rings is 1. The van der Waals surface area contributed by atoms with Gasteiger partial charge in [0.25, 0.3) is 0 Å². The molecule has 73 heavy (non-hydrogen) atoms. The van der Waals surface area contributed by atoms with Crippen molar-refractivity contribution in [3.63, 3.8) is 0 Å². The number of rotatable bonds is 13. The number of anilines is 1. The molecule has 0 radical (unpaired) electrons. The molecule has 5 aliphatic heterocycles. The van der Waals surface area contributed by atoms with Crippen LogP contribution in [0.25, 0.3) is 0 Å². The molecule has 18 nitrogen and oxygen atoms in total. The molecule has 1 spiro atoms. The lowest BCUT2D eigenvalue weighted by atomic mass is 9.65. The Bertz CT molecular complexity index is 2940. The first-order chi connectivity index (χ1) is 35.6. The van der Waals surface area contributed by atoms with Gasteiger partial charge in [-0.3, -0.25) is 24.2 Å². The van der Waals surface area contributed by atoms with Crippen LogP contribution in [0.4, 0.5) is 15.3 Å². The summed E-state index contributed by atoms with van der Waals surface area (Å²) in [6.45, 7) is 1.68. The summed E-state index contributed by atoms with van der Waals surface area (Å²) in [7, 11) is 1.46. The topological polar surface area (TPSA) is 212 Å². The minimum Gasteiger partial charge on any atom is -0.491 e. The molecule has 3 fully saturated rings. The van der Waals surface area contributed by atoms with Gasteiger partial charge in [-0.05, 0) is 70.3 Å². The molecule has 4 N–H and O–H groups in total. The van der Waals surface area contributed by atoms with Gasteiger partial charge in [-0.1, -0.05) is 90.7 Å². The highest BCUT2D eigenvalue weighted by Crippen LogP contribution is 2.66. The second-order valence-electron chi connectivity index (χ2n) is 18.2. The van der Waals surface area contributed by atoms with Gasteiger partial charge in [-0.15, -0.1) is 0 Å². The summed E-state index contributed by atoms with van der Waals surface area (Å²) in [5.41, 5.74) is 7.00. The lowest BCUT2D eigenvalue weighted by molar-refractivity contribution is -0.179. The van der Waals surface area contributed by atoms with Gasteiger partial charge in [0.2, 0.25) is 18.6 Å². The molecular weight excluding hydrogens is 937 g/mol. The number of imide groups is 1. The number of fused-ring (bicyclic) bond motifs is 4. The van der Waals surface area contributed by atoms with Crippen molar-refractivity contribution in [1.82, 2.24) is 20.0 Å². The van der Waals surface area contributed by atoms with Gasteiger partial charge in [-0.25, -0.2) is 14.5 Å². The number of benzene rings is 5. The number of nitrogens with zero attached hydrogens (tertiary/aromatic N) is 4. The van der Waals surface area contributed by atoms with Crippen molar-refractivity contribution in [3.05, 3.63) is 155 Å². The molecule has 6 atom stereocenters. The Kier molecular flexibility index (Phi) is 14.0. The van der Waals surface area contributed by atoms with Crippen LogP contribution in [0.2, 0.25) is 0 Å². The van der Waals surface area contributed by atoms with Crippen molar-refractivity contribution >= 4 is 35.6 Å². The Labute approximate surface area is 421 Å². The van der Waals surface area contributed by atoms with E-state index in [0.717, 1.165) is 16.0 Å². The molecule has 5 aromatic carbocycles. The number of aliphatic hydroxyl groups excluding tert-OH is 1. The van der Waals surface area contributed by atoms with Gasteiger partial charge >= 0.3 is 18.1 Å². The number of carbonyl (C=O) groups excluding carboxylic acids is 5. The number of aliphatic hydroxyl groups is 1. The molecule has 0 aliphatic carbocycles. The lowest BCUT2D eigenvalue weighted by Crippen LogP contribution is -2.59. The summed E-state index contributed by atoms with van der Waals surface area (Å²) in [5.74, 6) is 4.22. The van der Waals surface area contributed by atoms with E-state index in [-0.39, 0.29) is 64.1 Å². The van der Waals surface area contributed by atoms with E-state index in [2.05, 4.69) is 22.1 Å². The predicted molar refractivity (Wildman–Crippen MR) is 263 cm³/mol. The molecule has 0 aromatic heterocycles. The Morgan fingerprint density at radius 3 is 2.25 bits per heavy atom. The molecule has 0 bridgehead atoms. The van der Waals surface area contributed by atoms with Crippen LogP contribution >= 0.6 is 0 Å². The Morgan fingerprint density at radius 2 is 1.53 bits per heavy atom. The van der Waals surface area contributed by atoms with E-state index in [9.17, 15) is 14.7 Å². The average Bonchev–Trinajstić information content (AvgIpc) is 4.10. The van der Waals surface area contributed by atoms with Crippen molar-refractivity contribution in [3.8, 4) is 29.1 Å². The maximum absolute atomic E-state index is 16.5. The molecule has 3 saturated heterocycles. The number of nitrogens with two attached hydrogens (primary N) is 1. The fraction of sp³-hybridized carbons (Fsp3) is 0.327. The van der Waals surface area contributed by atoms with Crippen molar-refractivity contribution in [1.29, 1.82) is 0 Å². The number of cyclic esters (lactones) is 1. The number of nitrogens with one attached hydrogen (secondary N) is 1. The van der Waals surface area contributed by atoms with Crippen LogP contribution in [0.3, 0.4) is 0 Å². The first-order valence-corrected chi connectivity index (χ1v) is 24.1. The number of urea groups is 1.